The van der Waals surface area contributed by atoms with Crippen molar-refractivity contribution in [3.05, 3.63) is 78.0 Å². The number of nitrogens with zero attached hydrogens (tertiary/aromatic N) is 4. The molecule has 1 aromatic heterocycles. The van der Waals surface area contributed by atoms with Crippen molar-refractivity contribution >= 4 is 28.3 Å². The number of amides is 2. The molecule has 0 bridgehead atoms. The van der Waals surface area contributed by atoms with E-state index in [9.17, 15) is 4.79 Å². The summed E-state index contributed by atoms with van der Waals surface area (Å²) >= 11 is 0. The molecule has 41 heavy (non-hydrogen) atoms. The molecule has 0 aliphatic carbocycles. The highest BCUT2D eigenvalue weighted by molar-refractivity contribution is 6.07. The first-order valence-electron chi connectivity index (χ1n) is 14.2. The molecule has 1 saturated heterocycles. The Morgan fingerprint density at radius 2 is 1.78 bits per heavy atom. The lowest BCUT2D eigenvalue weighted by Gasteiger charge is -2.26. The quantitative estimate of drug-likeness (QED) is 0.157. The van der Waals surface area contributed by atoms with Gasteiger partial charge in [-0.05, 0) is 37.6 Å². The molecule has 1 aliphatic heterocycles. The van der Waals surface area contributed by atoms with E-state index < -0.39 is 6.03 Å². The van der Waals surface area contributed by atoms with Crippen molar-refractivity contribution in [1.82, 2.24) is 14.7 Å². The SMILES string of the molecule is CCC(C)(C)c1cc(N(N)C(=O)Nc2ccc(OCCN3CCOCC3)c3ccccc23)n(-c2ccc(C)cc2)n1. The molecule has 0 atom stereocenters. The molecule has 216 valence electrons. The average molecular weight is 557 g/mol. The average Bonchev–Trinajstić information content (AvgIpc) is 3.45. The number of ether oxygens (including phenoxy) is 2. The molecular weight excluding hydrogens is 516 g/mol. The summed E-state index contributed by atoms with van der Waals surface area (Å²) in [5.74, 6) is 7.75. The molecule has 2 amide bonds. The highest BCUT2D eigenvalue weighted by atomic mass is 16.5. The van der Waals surface area contributed by atoms with Crippen LogP contribution in [0.15, 0.2) is 66.7 Å². The van der Waals surface area contributed by atoms with Gasteiger partial charge in [-0.3, -0.25) is 4.90 Å². The second kappa shape index (κ2) is 12.3. The Kier molecular flexibility index (Phi) is 8.58. The van der Waals surface area contributed by atoms with Gasteiger partial charge in [0.15, 0.2) is 5.82 Å². The number of hydrazine groups is 1. The number of anilines is 2. The molecule has 4 aromatic rings. The highest BCUT2D eigenvalue weighted by Gasteiger charge is 2.27. The predicted molar refractivity (Wildman–Crippen MR) is 164 cm³/mol. The number of aryl methyl sites for hydroxylation is 1. The smallest absolute Gasteiger partial charge is 0.342 e. The van der Waals surface area contributed by atoms with Gasteiger partial charge in [0.1, 0.15) is 12.4 Å². The molecule has 5 rings (SSSR count). The van der Waals surface area contributed by atoms with E-state index in [0.29, 0.717) is 18.1 Å². The van der Waals surface area contributed by atoms with Crippen molar-refractivity contribution < 1.29 is 14.3 Å². The summed E-state index contributed by atoms with van der Waals surface area (Å²) in [6, 6.07) is 21.1. The van der Waals surface area contributed by atoms with Crippen LogP contribution >= 0.6 is 0 Å². The summed E-state index contributed by atoms with van der Waals surface area (Å²) in [7, 11) is 0. The first kappa shape index (κ1) is 28.6. The van der Waals surface area contributed by atoms with Crippen molar-refractivity contribution in [3.8, 4) is 11.4 Å². The number of nitrogens with two attached hydrogens (primary N) is 1. The fraction of sp³-hybridized carbons (Fsp3) is 0.375. The van der Waals surface area contributed by atoms with Gasteiger partial charge in [-0.25, -0.2) is 20.3 Å². The van der Waals surface area contributed by atoms with E-state index in [1.54, 1.807) is 4.68 Å². The third-order valence-electron chi connectivity index (χ3n) is 7.91. The van der Waals surface area contributed by atoms with Gasteiger partial charge >= 0.3 is 6.03 Å². The number of hydrogen-bond donors (Lipinski definition) is 2. The van der Waals surface area contributed by atoms with E-state index in [2.05, 4.69) is 31.0 Å². The van der Waals surface area contributed by atoms with Crippen LogP contribution in [0.5, 0.6) is 5.75 Å². The maximum Gasteiger partial charge on any atom is 0.342 e. The number of rotatable bonds is 9. The Bertz CT molecular complexity index is 1490. The largest absolute Gasteiger partial charge is 0.492 e. The number of morpholine rings is 1. The van der Waals surface area contributed by atoms with Crippen LogP contribution < -0.4 is 20.9 Å². The zero-order valence-electron chi connectivity index (χ0n) is 24.4. The van der Waals surface area contributed by atoms with Crippen molar-refractivity contribution in [2.75, 3.05) is 49.8 Å². The molecular formula is C32H40N6O3. The van der Waals surface area contributed by atoms with Crippen molar-refractivity contribution in [2.45, 2.75) is 39.5 Å². The molecule has 0 spiro atoms. The summed E-state index contributed by atoms with van der Waals surface area (Å²) in [4.78, 5) is 15.9. The van der Waals surface area contributed by atoms with Gasteiger partial charge < -0.3 is 14.8 Å². The van der Waals surface area contributed by atoms with E-state index in [1.807, 2.05) is 73.7 Å². The maximum atomic E-state index is 13.6. The minimum atomic E-state index is -0.467. The monoisotopic (exact) mass is 556 g/mol. The molecule has 1 fully saturated rings. The Hall–Kier alpha value is -3.92. The van der Waals surface area contributed by atoms with E-state index in [0.717, 1.165) is 77.7 Å². The first-order valence-corrected chi connectivity index (χ1v) is 14.2. The Labute approximate surface area is 241 Å². The third kappa shape index (κ3) is 6.37. The molecule has 0 unspecified atom stereocenters. The van der Waals surface area contributed by atoms with Crippen molar-refractivity contribution in [2.24, 2.45) is 5.84 Å². The standard InChI is InChI=1S/C32H40N6O3/c1-5-32(3,4)29-22-30(38(35-29)24-12-10-23(2)11-13-24)37(33)31(39)34-27-14-15-28(26-9-7-6-8-25(26)27)41-21-18-36-16-19-40-20-17-36/h6-15,22H,5,16-21,33H2,1-4H3,(H,34,39). The molecule has 0 radical (unpaired) electrons. The van der Waals surface area contributed by atoms with Crippen LogP contribution in [0.25, 0.3) is 16.5 Å². The van der Waals surface area contributed by atoms with E-state index in [1.165, 1.54) is 0 Å². The Morgan fingerprint density at radius 1 is 1.07 bits per heavy atom. The highest BCUT2D eigenvalue weighted by Crippen LogP contribution is 2.33. The number of benzene rings is 3. The number of nitrogens with one attached hydrogen (secondary N) is 1. The van der Waals surface area contributed by atoms with Gasteiger partial charge in [0.2, 0.25) is 0 Å². The number of fused-ring (bicyclic) bond motifs is 1. The van der Waals surface area contributed by atoms with Crippen LogP contribution in [-0.4, -0.2) is 60.2 Å². The molecule has 9 nitrogen and oxygen atoms in total. The first-order chi connectivity index (χ1) is 19.8. The maximum absolute atomic E-state index is 13.6. The number of hydrogen-bond acceptors (Lipinski definition) is 6. The van der Waals surface area contributed by atoms with Gasteiger partial charge in [0.05, 0.1) is 30.3 Å². The zero-order chi connectivity index (χ0) is 29.0. The van der Waals surface area contributed by atoms with Crippen LogP contribution in [-0.2, 0) is 10.2 Å². The fourth-order valence-corrected chi connectivity index (χ4v) is 4.83. The van der Waals surface area contributed by atoms with Gasteiger partial charge in [-0.2, -0.15) is 5.10 Å². The number of carbonyl (C=O) groups excluding carboxylic acids is 1. The van der Waals surface area contributed by atoms with Gasteiger partial charge in [0, 0.05) is 41.9 Å². The summed E-state index contributed by atoms with van der Waals surface area (Å²) in [6.07, 6.45) is 0.890. The Balaban J connectivity index is 1.38. The van der Waals surface area contributed by atoms with E-state index in [4.69, 9.17) is 20.4 Å². The second-order valence-electron chi connectivity index (χ2n) is 11.1. The second-order valence-corrected chi connectivity index (χ2v) is 11.1. The molecule has 0 saturated carbocycles. The normalized spacial score (nSPS) is 14.3. The van der Waals surface area contributed by atoms with E-state index >= 15 is 0 Å². The van der Waals surface area contributed by atoms with Crippen molar-refractivity contribution in [1.29, 1.82) is 0 Å². The molecule has 2 heterocycles. The predicted octanol–water partition coefficient (Wildman–Crippen LogP) is 5.64. The summed E-state index contributed by atoms with van der Waals surface area (Å²) in [5, 5.41) is 10.8. The van der Waals surface area contributed by atoms with Crippen molar-refractivity contribution in [3.63, 3.8) is 0 Å². The fourth-order valence-electron chi connectivity index (χ4n) is 4.83. The van der Waals surface area contributed by atoms with Gasteiger partial charge in [-0.15, -0.1) is 0 Å². The zero-order valence-corrected chi connectivity index (χ0v) is 24.4. The van der Waals surface area contributed by atoms with Crippen LogP contribution in [0, 0.1) is 6.92 Å². The van der Waals surface area contributed by atoms with E-state index in [-0.39, 0.29) is 5.41 Å². The van der Waals surface area contributed by atoms with Crippen LogP contribution in [0.4, 0.5) is 16.3 Å². The molecule has 1 aliphatic rings. The minimum absolute atomic E-state index is 0.185. The van der Waals surface area contributed by atoms with Crippen LogP contribution in [0.1, 0.15) is 38.4 Å². The molecule has 3 aromatic carbocycles. The topological polar surface area (TPSA) is 97.9 Å². The molecule has 9 heteroatoms. The summed E-state index contributed by atoms with van der Waals surface area (Å²) < 4.78 is 13.3. The van der Waals surface area contributed by atoms with Gasteiger partial charge in [0.25, 0.3) is 0 Å². The lowest BCUT2D eigenvalue weighted by molar-refractivity contribution is 0.0323. The number of urea groups is 1. The lowest BCUT2D eigenvalue weighted by atomic mass is 9.87. The molecule has 3 N–H and O–H groups in total. The summed E-state index contributed by atoms with van der Waals surface area (Å²) in [5.41, 5.74) is 3.30. The third-order valence-corrected chi connectivity index (χ3v) is 7.91. The lowest BCUT2D eigenvalue weighted by Crippen LogP contribution is -2.42. The number of carbonyl (C=O) groups is 1. The van der Waals surface area contributed by atoms with Crippen LogP contribution in [0.3, 0.4) is 0 Å². The summed E-state index contributed by atoms with van der Waals surface area (Å²) in [6.45, 7) is 13.2. The minimum Gasteiger partial charge on any atom is -0.492 e. The van der Waals surface area contributed by atoms with Crippen LogP contribution in [0.2, 0.25) is 0 Å². The van der Waals surface area contributed by atoms with Gasteiger partial charge in [-0.1, -0.05) is 62.7 Å². The number of aromatic nitrogens is 2. The Morgan fingerprint density at radius 3 is 2.49 bits per heavy atom.